The van der Waals surface area contributed by atoms with Gasteiger partial charge in [-0.3, -0.25) is 9.59 Å². The van der Waals surface area contributed by atoms with Gasteiger partial charge >= 0.3 is 5.97 Å². The number of ether oxygens (including phenoxy) is 2. The van der Waals surface area contributed by atoms with Crippen molar-refractivity contribution in [1.82, 2.24) is 4.90 Å². The van der Waals surface area contributed by atoms with E-state index in [1.165, 1.54) is 12.0 Å². The number of nitrogens with zero attached hydrogens (tertiary/aromatic N) is 1. The second kappa shape index (κ2) is 9.46. The molecule has 0 spiro atoms. The van der Waals surface area contributed by atoms with Crippen molar-refractivity contribution in [2.45, 2.75) is 12.2 Å². The molecular weight excluding hydrogens is 294 g/mol. The number of carbonyl (C=O) groups excluding carboxylic acids is 2. The van der Waals surface area contributed by atoms with E-state index >= 15 is 0 Å². The molecule has 0 radical (unpaired) electrons. The Morgan fingerprint density at radius 2 is 2.05 bits per heavy atom. The van der Waals surface area contributed by atoms with Crippen molar-refractivity contribution in [2.24, 2.45) is 0 Å². The molecule has 0 N–H and O–H groups in total. The van der Waals surface area contributed by atoms with Crippen LogP contribution < -0.4 is 0 Å². The second-order valence-corrected chi connectivity index (χ2v) is 5.18. The van der Waals surface area contributed by atoms with E-state index in [-0.39, 0.29) is 30.6 Å². The fourth-order valence-corrected chi connectivity index (χ4v) is 2.15. The first kappa shape index (κ1) is 17.6. The van der Waals surface area contributed by atoms with Gasteiger partial charge in [0.2, 0.25) is 0 Å². The molecule has 0 fully saturated rings. The van der Waals surface area contributed by atoms with Crippen molar-refractivity contribution in [3.63, 3.8) is 0 Å². The summed E-state index contributed by atoms with van der Waals surface area (Å²) < 4.78 is 15.1. The van der Waals surface area contributed by atoms with E-state index < -0.39 is 0 Å². The number of rotatable bonds is 9. The predicted molar refractivity (Wildman–Crippen MR) is 80.3 cm³/mol. The van der Waals surface area contributed by atoms with Crippen LogP contribution in [-0.4, -0.2) is 56.9 Å². The van der Waals surface area contributed by atoms with Crippen molar-refractivity contribution in [1.29, 1.82) is 0 Å². The molecule has 1 aromatic heterocycles. The Balaban J connectivity index is 2.70. The number of furan rings is 1. The van der Waals surface area contributed by atoms with Crippen LogP contribution in [-0.2, 0) is 20.0 Å². The van der Waals surface area contributed by atoms with Gasteiger partial charge < -0.3 is 18.8 Å². The fraction of sp³-hybridized carbons (Fsp3) is 0.571. The third-order valence-electron chi connectivity index (χ3n) is 2.83. The van der Waals surface area contributed by atoms with Gasteiger partial charge in [-0.2, -0.15) is 11.8 Å². The molecule has 0 aliphatic heterocycles. The monoisotopic (exact) mass is 315 g/mol. The summed E-state index contributed by atoms with van der Waals surface area (Å²) in [6.07, 6.45) is 2.11. The van der Waals surface area contributed by atoms with Crippen LogP contribution in [0.3, 0.4) is 0 Å². The maximum Gasteiger partial charge on any atom is 0.307 e. The third kappa shape index (κ3) is 5.81. The molecule has 6 nitrogen and oxygen atoms in total. The summed E-state index contributed by atoms with van der Waals surface area (Å²) in [4.78, 5) is 25.1. The van der Waals surface area contributed by atoms with Gasteiger partial charge in [0.1, 0.15) is 5.76 Å². The summed E-state index contributed by atoms with van der Waals surface area (Å²) in [7, 11) is 2.89. The molecule has 0 aromatic carbocycles. The van der Waals surface area contributed by atoms with Crippen molar-refractivity contribution in [3.05, 3.63) is 23.7 Å². The van der Waals surface area contributed by atoms with Gasteiger partial charge in [-0.1, -0.05) is 0 Å². The number of carbonyl (C=O) groups is 2. The highest BCUT2D eigenvalue weighted by molar-refractivity contribution is 7.97. The maximum atomic E-state index is 12.4. The minimum Gasteiger partial charge on any atom is -0.469 e. The van der Waals surface area contributed by atoms with Crippen LogP contribution in [0.25, 0.3) is 0 Å². The van der Waals surface area contributed by atoms with Crippen LogP contribution in [0.2, 0.25) is 0 Å². The molecule has 0 saturated carbocycles. The first-order valence-electron chi connectivity index (χ1n) is 6.55. The molecule has 0 aliphatic carbocycles. The Kier molecular flexibility index (Phi) is 7.92. The fourth-order valence-electron chi connectivity index (χ4n) is 1.71. The van der Waals surface area contributed by atoms with Crippen molar-refractivity contribution in [2.75, 3.05) is 40.2 Å². The van der Waals surface area contributed by atoms with Gasteiger partial charge in [0.15, 0.2) is 5.76 Å². The lowest BCUT2D eigenvalue weighted by molar-refractivity contribution is -0.140. The van der Waals surface area contributed by atoms with Crippen LogP contribution in [0.1, 0.15) is 22.7 Å². The zero-order valence-electron chi connectivity index (χ0n) is 12.6. The number of esters is 1. The topological polar surface area (TPSA) is 69.0 Å². The summed E-state index contributed by atoms with van der Waals surface area (Å²) in [6, 6.07) is 3.45. The van der Waals surface area contributed by atoms with Crippen molar-refractivity contribution in [3.8, 4) is 0 Å². The quantitative estimate of drug-likeness (QED) is 0.647. The van der Waals surface area contributed by atoms with Gasteiger partial charge in [-0.05, 0) is 18.4 Å². The zero-order chi connectivity index (χ0) is 15.7. The molecule has 1 amide bonds. The summed E-state index contributed by atoms with van der Waals surface area (Å²) in [6.45, 7) is 1.06. The molecule has 0 saturated heterocycles. The van der Waals surface area contributed by atoms with Crippen LogP contribution in [0, 0.1) is 0 Å². The predicted octanol–water partition coefficient (Wildman–Crippen LogP) is 1.79. The van der Waals surface area contributed by atoms with Crippen LogP contribution in [0.15, 0.2) is 16.5 Å². The van der Waals surface area contributed by atoms with Gasteiger partial charge in [0, 0.05) is 20.2 Å². The van der Waals surface area contributed by atoms with Crippen LogP contribution >= 0.6 is 11.8 Å². The Hall–Kier alpha value is -1.47. The smallest absolute Gasteiger partial charge is 0.307 e. The number of methoxy groups -OCH3 is 2. The molecule has 1 heterocycles. The van der Waals surface area contributed by atoms with Gasteiger partial charge in [-0.15, -0.1) is 0 Å². The molecular formula is C14H21NO5S. The molecule has 1 rings (SSSR count). The second-order valence-electron chi connectivity index (χ2n) is 4.31. The van der Waals surface area contributed by atoms with E-state index in [1.807, 2.05) is 6.26 Å². The average Bonchev–Trinajstić information content (AvgIpc) is 2.95. The summed E-state index contributed by atoms with van der Waals surface area (Å²) in [5.74, 6) is 1.15. The van der Waals surface area contributed by atoms with E-state index in [0.29, 0.717) is 18.9 Å². The Bertz CT molecular complexity index is 460. The molecule has 0 unspecified atom stereocenters. The molecule has 0 bridgehead atoms. The summed E-state index contributed by atoms with van der Waals surface area (Å²) >= 11 is 1.62. The van der Waals surface area contributed by atoms with E-state index in [2.05, 4.69) is 4.74 Å². The van der Waals surface area contributed by atoms with E-state index in [4.69, 9.17) is 9.15 Å². The van der Waals surface area contributed by atoms with Gasteiger partial charge in [0.25, 0.3) is 5.91 Å². The standard InChI is InChI=1S/C14H21NO5S/c1-18-9-8-15(7-6-13(16)19-2)14(17)12-5-4-11(20-12)10-21-3/h4-5H,6-10H2,1-3H3. The molecule has 1 aromatic rings. The van der Waals surface area contributed by atoms with Crippen molar-refractivity contribution >= 4 is 23.6 Å². The van der Waals surface area contributed by atoms with E-state index in [1.54, 1.807) is 31.0 Å². The first-order valence-corrected chi connectivity index (χ1v) is 7.94. The Morgan fingerprint density at radius 1 is 1.29 bits per heavy atom. The summed E-state index contributed by atoms with van der Waals surface area (Å²) in [5.41, 5.74) is 0. The molecule has 0 atom stereocenters. The third-order valence-corrected chi connectivity index (χ3v) is 3.40. The minimum absolute atomic E-state index is 0.143. The molecule has 118 valence electrons. The number of amides is 1. The number of thioether (sulfide) groups is 1. The maximum absolute atomic E-state index is 12.4. The lowest BCUT2D eigenvalue weighted by atomic mass is 10.3. The average molecular weight is 315 g/mol. The number of hydrogen-bond donors (Lipinski definition) is 0. The number of hydrogen-bond acceptors (Lipinski definition) is 6. The SMILES string of the molecule is COCCN(CCC(=O)OC)C(=O)c1ccc(CSC)o1. The van der Waals surface area contributed by atoms with E-state index in [9.17, 15) is 9.59 Å². The van der Waals surface area contributed by atoms with E-state index in [0.717, 1.165) is 5.76 Å². The summed E-state index contributed by atoms with van der Waals surface area (Å²) in [5, 5.41) is 0. The normalized spacial score (nSPS) is 10.4. The van der Waals surface area contributed by atoms with Gasteiger partial charge in [0.05, 0.1) is 25.9 Å². The highest BCUT2D eigenvalue weighted by atomic mass is 32.2. The molecule has 0 aliphatic rings. The first-order chi connectivity index (χ1) is 10.1. The minimum atomic E-state index is -0.354. The van der Waals surface area contributed by atoms with Crippen LogP contribution in [0.4, 0.5) is 0 Å². The zero-order valence-corrected chi connectivity index (χ0v) is 13.4. The Morgan fingerprint density at radius 3 is 2.67 bits per heavy atom. The highest BCUT2D eigenvalue weighted by Crippen LogP contribution is 2.15. The molecule has 7 heteroatoms. The van der Waals surface area contributed by atoms with Crippen LogP contribution in [0.5, 0.6) is 0 Å². The highest BCUT2D eigenvalue weighted by Gasteiger charge is 2.20. The van der Waals surface area contributed by atoms with Gasteiger partial charge in [-0.25, -0.2) is 0 Å². The lowest BCUT2D eigenvalue weighted by Gasteiger charge is -2.20. The lowest BCUT2D eigenvalue weighted by Crippen LogP contribution is -2.35. The largest absolute Gasteiger partial charge is 0.469 e. The Labute approximate surface area is 128 Å². The van der Waals surface area contributed by atoms with Crippen molar-refractivity contribution < 1.29 is 23.5 Å². The molecule has 21 heavy (non-hydrogen) atoms.